The van der Waals surface area contributed by atoms with Crippen molar-refractivity contribution in [3.8, 4) is 0 Å². The van der Waals surface area contributed by atoms with E-state index in [-0.39, 0.29) is 11.7 Å². The summed E-state index contributed by atoms with van der Waals surface area (Å²) in [7, 11) is 0. The Bertz CT molecular complexity index is 225. The molecule has 0 radical (unpaired) electrons. The highest BCUT2D eigenvalue weighted by molar-refractivity contribution is 4.83. The van der Waals surface area contributed by atoms with Crippen LogP contribution in [0.4, 0.5) is 0 Å². The zero-order valence-corrected chi connectivity index (χ0v) is 11.7. The van der Waals surface area contributed by atoms with Crippen LogP contribution in [0.5, 0.6) is 0 Å². The highest BCUT2D eigenvalue weighted by Crippen LogP contribution is 2.38. The molecule has 17 heavy (non-hydrogen) atoms. The van der Waals surface area contributed by atoms with Gasteiger partial charge >= 0.3 is 0 Å². The van der Waals surface area contributed by atoms with Gasteiger partial charge in [-0.15, -0.1) is 0 Å². The Hall–Kier alpha value is -0.0800. The van der Waals surface area contributed by atoms with E-state index in [1.807, 2.05) is 0 Å². The van der Waals surface area contributed by atoms with Gasteiger partial charge in [-0.3, -0.25) is 0 Å². The van der Waals surface area contributed by atoms with E-state index >= 15 is 0 Å². The number of hydrogen-bond donors (Lipinski definition) is 0. The molecule has 1 heterocycles. The first kappa shape index (κ1) is 13.4. The summed E-state index contributed by atoms with van der Waals surface area (Å²) in [5, 5.41) is 0. The van der Waals surface area contributed by atoms with Gasteiger partial charge in [-0.1, -0.05) is 46.5 Å². The molecule has 2 rings (SSSR count). The second-order valence-electron chi connectivity index (χ2n) is 6.35. The van der Waals surface area contributed by atoms with Crippen LogP contribution in [0.15, 0.2) is 0 Å². The van der Waals surface area contributed by atoms with Crippen molar-refractivity contribution in [3.63, 3.8) is 0 Å². The lowest BCUT2D eigenvalue weighted by Crippen LogP contribution is -2.46. The maximum Gasteiger partial charge on any atom is 0.160 e. The fourth-order valence-electron chi connectivity index (χ4n) is 3.09. The predicted molar refractivity (Wildman–Crippen MR) is 69.8 cm³/mol. The van der Waals surface area contributed by atoms with Crippen molar-refractivity contribution in [2.24, 2.45) is 17.3 Å². The van der Waals surface area contributed by atoms with E-state index in [9.17, 15) is 0 Å². The molecule has 2 aliphatic rings. The Morgan fingerprint density at radius 3 is 2.24 bits per heavy atom. The Kier molecular flexibility index (Phi) is 4.48. The minimum atomic E-state index is 0.0902. The second-order valence-corrected chi connectivity index (χ2v) is 6.35. The fourth-order valence-corrected chi connectivity index (χ4v) is 3.09. The smallest absolute Gasteiger partial charge is 0.160 e. The van der Waals surface area contributed by atoms with Crippen LogP contribution in [-0.2, 0) is 9.47 Å². The lowest BCUT2D eigenvalue weighted by Gasteiger charge is -2.43. The van der Waals surface area contributed by atoms with Gasteiger partial charge in [0.1, 0.15) is 0 Å². The lowest BCUT2D eigenvalue weighted by atomic mass is 9.77. The largest absolute Gasteiger partial charge is 0.352 e. The van der Waals surface area contributed by atoms with Crippen LogP contribution >= 0.6 is 0 Å². The van der Waals surface area contributed by atoms with Gasteiger partial charge in [-0.2, -0.15) is 0 Å². The van der Waals surface area contributed by atoms with Crippen LogP contribution in [0, 0.1) is 17.3 Å². The average Bonchev–Trinajstić information content (AvgIpc) is 2.39. The topological polar surface area (TPSA) is 18.5 Å². The molecule has 0 amide bonds. The van der Waals surface area contributed by atoms with Crippen LogP contribution in [-0.4, -0.2) is 19.5 Å². The molecule has 0 aromatic heterocycles. The van der Waals surface area contributed by atoms with E-state index in [4.69, 9.17) is 9.47 Å². The van der Waals surface area contributed by atoms with Gasteiger partial charge < -0.3 is 9.47 Å². The first-order valence-corrected chi connectivity index (χ1v) is 7.39. The summed E-state index contributed by atoms with van der Waals surface area (Å²) in [6.45, 7) is 8.63. The lowest BCUT2D eigenvalue weighted by molar-refractivity contribution is -0.258. The van der Waals surface area contributed by atoms with Crippen molar-refractivity contribution in [1.82, 2.24) is 0 Å². The molecule has 0 aromatic carbocycles. The number of ether oxygens (including phenoxy) is 2. The summed E-state index contributed by atoms with van der Waals surface area (Å²) in [4.78, 5) is 0. The molecule has 1 aliphatic carbocycles. The van der Waals surface area contributed by atoms with E-state index in [1.54, 1.807) is 0 Å². The molecule has 1 unspecified atom stereocenters. The van der Waals surface area contributed by atoms with Gasteiger partial charge in [0.05, 0.1) is 13.2 Å². The molecule has 2 nitrogen and oxygen atoms in total. The molecule has 100 valence electrons. The first-order valence-electron chi connectivity index (χ1n) is 7.39. The predicted octanol–water partition coefficient (Wildman–Crippen LogP) is 3.99. The summed E-state index contributed by atoms with van der Waals surface area (Å²) in [5.74, 6) is 1.33. The molecule has 1 saturated carbocycles. The zero-order chi connectivity index (χ0) is 12.3. The van der Waals surface area contributed by atoms with Gasteiger partial charge in [-0.05, 0) is 18.8 Å². The summed E-state index contributed by atoms with van der Waals surface area (Å²) in [5.41, 5.74) is 0.222. The Balaban J connectivity index is 1.84. The molecule has 1 atom stereocenters. The van der Waals surface area contributed by atoms with Crippen molar-refractivity contribution < 1.29 is 9.47 Å². The van der Waals surface area contributed by atoms with Crippen LogP contribution < -0.4 is 0 Å². The van der Waals surface area contributed by atoms with Gasteiger partial charge in [-0.25, -0.2) is 0 Å². The van der Waals surface area contributed by atoms with Crippen LogP contribution in [0.3, 0.4) is 0 Å². The summed E-state index contributed by atoms with van der Waals surface area (Å²) >= 11 is 0. The van der Waals surface area contributed by atoms with E-state index in [0.717, 1.165) is 13.2 Å². The number of hydrogen-bond acceptors (Lipinski definition) is 2. The van der Waals surface area contributed by atoms with E-state index < -0.39 is 0 Å². The Morgan fingerprint density at radius 1 is 1.12 bits per heavy atom. The van der Waals surface area contributed by atoms with Crippen LogP contribution in [0.1, 0.15) is 59.3 Å². The van der Waals surface area contributed by atoms with Gasteiger partial charge in [0, 0.05) is 11.3 Å². The van der Waals surface area contributed by atoms with Gasteiger partial charge in [0.15, 0.2) is 6.29 Å². The molecule has 0 spiro atoms. The van der Waals surface area contributed by atoms with Gasteiger partial charge in [0.25, 0.3) is 0 Å². The maximum absolute atomic E-state index is 6.03. The summed E-state index contributed by atoms with van der Waals surface area (Å²) < 4.78 is 12.1. The van der Waals surface area contributed by atoms with Gasteiger partial charge in [0.2, 0.25) is 0 Å². The highest BCUT2D eigenvalue weighted by atomic mass is 16.7. The molecule has 1 aliphatic heterocycles. The maximum atomic E-state index is 6.03. The third-order valence-corrected chi connectivity index (χ3v) is 4.99. The average molecular weight is 240 g/mol. The van der Waals surface area contributed by atoms with Crippen molar-refractivity contribution >= 4 is 0 Å². The third-order valence-electron chi connectivity index (χ3n) is 4.99. The highest BCUT2D eigenvalue weighted by Gasteiger charge is 2.39. The number of rotatable bonds is 3. The molecule has 1 saturated heterocycles. The van der Waals surface area contributed by atoms with E-state index in [2.05, 4.69) is 20.8 Å². The molecular formula is C15H28O2. The summed E-state index contributed by atoms with van der Waals surface area (Å²) in [6.07, 6.45) is 8.00. The van der Waals surface area contributed by atoms with Crippen molar-refractivity contribution in [3.05, 3.63) is 0 Å². The van der Waals surface area contributed by atoms with E-state index in [0.29, 0.717) is 11.8 Å². The normalized spacial score (nSPS) is 37.9. The minimum Gasteiger partial charge on any atom is -0.352 e. The SMILES string of the molecule is CCC(C)C1(C)COC(C2CCCCC2)OC1. The molecule has 2 heteroatoms. The van der Waals surface area contributed by atoms with E-state index in [1.165, 1.54) is 38.5 Å². The Morgan fingerprint density at radius 2 is 1.71 bits per heavy atom. The van der Waals surface area contributed by atoms with Crippen LogP contribution in [0.2, 0.25) is 0 Å². The van der Waals surface area contributed by atoms with Crippen molar-refractivity contribution in [2.45, 2.75) is 65.6 Å². The molecule has 0 N–H and O–H groups in total. The molecule has 2 fully saturated rings. The second kappa shape index (κ2) is 5.71. The monoisotopic (exact) mass is 240 g/mol. The first-order chi connectivity index (χ1) is 8.15. The van der Waals surface area contributed by atoms with Crippen LogP contribution in [0.25, 0.3) is 0 Å². The summed E-state index contributed by atoms with van der Waals surface area (Å²) in [6, 6.07) is 0. The standard InChI is InChI=1S/C15H28O2/c1-4-12(2)15(3)10-16-14(17-11-15)13-8-6-5-7-9-13/h12-14H,4-11H2,1-3H3. The molecule has 0 aromatic rings. The van der Waals surface area contributed by atoms with Crippen molar-refractivity contribution in [1.29, 1.82) is 0 Å². The third kappa shape index (κ3) is 3.03. The quantitative estimate of drug-likeness (QED) is 0.742. The minimum absolute atomic E-state index is 0.0902. The Labute approximate surface area is 106 Å². The van der Waals surface area contributed by atoms with Crippen molar-refractivity contribution in [2.75, 3.05) is 13.2 Å². The molecular weight excluding hydrogens is 212 g/mol. The fraction of sp³-hybridized carbons (Fsp3) is 1.00. The zero-order valence-electron chi connectivity index (χ0n) is 11.7. The molecule has 0 bridgehead atoms.